The van der Waals surface area contributed by atoms with Gasteiger partial charge in [0.05, 0.1) is 5.39 Å². The van der Waals surface area contributed by atoms with Crippen LogP contribution in [0.15, 0.2) is 30.6 Å². The summed E-state index contributed by atoms with van der Waals surface area (Å²) in [5, 5.41) is 4.52. The van der Waals surface area contributed by atoms with E-state index >= 15 is 0 Å². The summed E-state index contributed by atoms with van der Waals surface area (Å²) in [6, 6.07) is 8.25. The molecule has 0 bridgehead atoms. The Labute approximate surface area is 129 Å². The van der Waals surface area contributed by atoms with Crippen LogP contribution in [0.2, 0.25) is 0 Å². The zero-order valence-corrected chi connectivity index (χ0v) is 13.5. The first kappa shape index (κ1) is 12.8. The van der Waals surface area contributed by atoms with Crippen LogP contribution in [-0.4, -0.2) is 9.97 Å². The van der Waals surface area contributed by atoms with E-state index in [0.717, 1.165) is 21.7 Å². The fourth-order valence-electron chi connectivity index (χ4n) is 1.98. The highest BCUT2D eigenvalue weighted by molar-refractivity contribution is 14.1. The van der Waals surface area contributed by atoms with E-state index in [0.29, 0.717) is 0 Å². The van der Waals surface area contributed by atoms with E-state index in [4.69, 9.17) is 0 Å². The fourth-order valence-corrected chi connectivity index (χ4v) is 3.52. The molecule has 0 aliphatic heterocycles. The van der Waals surface area contributed by atoms with E-state index in [2.05, 4.69) is 63.9 Å². The highest BCUT2D eigenvalue weighted by Crippen LogP contribution is 2.33. The number of aryl methyl sites for hydroxylation is 2. The molecule has 3 nitrogen and oxygen atoms in total. The van der Waals surface area contributed by atoms with E-state index in [9.17, 15) is 0 Å². The smallest absolute Gasteiger partial charge is 0.142 e. The van der Waals surface area contributed by atoms with Crippen LogP contribution in [0.1, 0.15) is 10.4 Å². The van der Waals surface area contributed by atoms with Gasteiger partial charge in [-0.05, 0) is 60.2 Å². The number of thiophene rings is 1. The Balaban J connectivity index is 2.10. The minimum absolute atomic E-state index is 0.883. The van der Waals surface area contributed by atoms with Crippen molar-refractivity contribution in [1.29, 1.82) is 0 Å². The topological polar surface area (TPSA) is 37.8 Å². The molecule has 5 heteroatoms. The molecule has 19 heavy (non-hydrogen) atoms. The first-order chi connectivity index (χ1) is 9.15. The number of aromatic nitrogens is 2. The molecule has 0 spiro atoms. The Bertz CT molecular complexity index is 752. The molecule has 0 amide bonds. The molecule has 0 unspecified atom stereocenters. The summed E-state index contributed by atoms with van der Waals surface area (Å²) in [6.07, 6.45) is 1.62. The molecule has 3 aromatic rings. The van der Waals surface area contributed by atoms with Crippen molar-refractivity contribution in [3.8, 4) is 0 Å². The van der Waals surface area contributed by atoms with Gasteiger partial charge in [-0.3, -0.25) is 0 Å². The number of anilines is 2. The van der Waals surface area contributed by atoms with Crippen LogP contribution in [0, 0.1) is 17.4 Å². The van der Waals surface area contributed by atoms with Gasteiger partial charge in [-0.15, -0.1) is 11.3 Å². The maximum Gasteiger partial charge on any atom is 0.142 e. The summed E-state index contributed by atoms with van der Waals surface area (Å²) in [5.41, 5.74) is 2.31. The first-order valence-electron chi connectivity index (χ1n) is 5.88. The normalized spacial score (nSPS) is 10.9. The van der Waals surface area contributed by atoms with Crippen LogP contribution in [0.3, 0.4) is 0 Å². The summed E-state index contributed by atoms with van der Waals surface area (Å²) >= 11 is 4.02. The summed E-state index contributed by atoms with van der Waals surface area (Å²) in [4.78, 5) is 11.1. The molecule has 2 aromatic heterocycles. The van der Waals surface area contributed by atoms with Crippen LogP contribution in [0.25, 0.3) is 10.2 Å². The Hall–Kier alpha value is -1.21. The molecule has 1 N–H and O–H groups in total. The van der Waals surface area contributed by atoms with Crippen molar-refractivity contribution in [2.45, 2.75) is 13.8 Å². The molecule has 0 radical (unpaired) electrons. The highest BCUT2D eigenvalue weighted by Gasteiger charge is 2.11. The maximum absolute atomic E-state index is 4.39. The third-order valence-corrected chi connectivity index (χ3v) is 4.84. The second-order valence-corrected chi connectivity index (χ2v) is 6.77. The summed E-state index contributed by atoms with van der Waals surface area (Å²) in [7, 11) is 0. The Morgan fingerprint density at radius 3 is 2.84 bits per heavy atom. The molecule has 2 heterocycles. The molecule has 0 atom stereocenters. The highest BCUT2D eigenvalue weighted by atomic mass is 127. The predicted octanol–water partition coefficient (Wildman–Crippen LogP) is 4.66. The molecule has 3 rings (SSSR count). The van der Waals surface area contributed by atoms with Gasteiger partial charge in [-0.1, -0.05) is 6.07 Å². The monoisotopic (exact) mass is 381 g/mol. The predicted molar refractivity (Wildman–Crippen MR) is 89.3 cm³/mol. The minimum atomic E-state index is 0.883. The van der Waals surface area contributed by atoms with Crippen LogP contribution >= 0.6 is 33.9 Å². The number of hydrogen-bond donors (Lipinski definition) is 1. The number of rotatable bonds is 2. The van der Waals surface area contributed by atoms with Crippen LogP contribution in [0.5, 0.6) is 0 Å². The number of halogens is 1. The molecule has 0 aliphatic carbocycles. The standard InChI is InChI=1S/C14H12IN3S/c1-8-9(2)19-14-12(8)13(16-7-17-14)18-11-5-3-4-10(15)6-11/h3-7H,1-2H3,(H,16,17,18). The Morgan fingerprint density at radius 2 is 2.05 bits per heavy atom. The van der Waals surface area contributed by atoms with Crippen LogP contribution in [-0.2, 0) is 0 Å². The number of fused-ring (bicyclic) bond motifs is 1. The average molecular weight is 381 g/mol. The number of hydrogen-bond acceptors (Lipinski definition) is 4. The second kappa shape index (κ2) is 5.05. The zero-order chi connectivity index (χ0) is 13.4. The van der Waals surface area contributed by atoms with Crippen molar-refractivity contribution in [2.75, 3.05) is 5.32 Å². The van der Waals surface area contributed by atoms with Crippen molar-refractivity contribution in [2.24, 2.45) is 0 Å². The van der Waals surface area contributed by atoms with E-state index in [1.807, 2.05) is 12.1 Å². The zero-order valence-electron chi connectivity index (χ0n) is 10.6. The van der Waals surface area contributed by atoms with E-state index in [-0.39, 0.29) is 0 Å². The number of nitrogens with zero attached hydrogens (tertiary/aromatic N) is 2. The molecule has 1 aromatic carbocycles. The van der Waals surface area contributed by atoms with Gasteiger partial charge in [0.15, 0.2) is 0 Å². The lowest BCUT2D eigenvalue weighted by Gasteiger charge is -2.07. The second-order valence-electron chi connectivity index (χ2n) is 4.32. The molecule has 96 valence electrons. The molecular weight excluding hydrogens is 369 g/mol. The van der Waals surface area contributed by atoms with Gasteiger partial charge >= 0.3 is 0 Å². The molecule has 0 saturated carbocycles. The lowest BCUT2D eigenvalue weighted by atomic mass is 10.2. The van der Waals surface area contributed by atoms with Gasteiger partial charge in [0.2, 0.25) is 0 Å². The molecule has 0 saturated heterocycles. The summed E-state index contributed by atoms with van der Waals surface area (Å²) < 4.78 is 1.20. The van der Waals surface area contributed by atoms with Crippen molar-refractivity contribution in [1.82, 2.24) is 9.97 Å². The first-order valence-corrected chi connectivity index (χ1v) is 7.78. The van der Waals surface area contributed by atoms with Gasteiger partial charge < -0.3 is 5.32 Å². The van der Waals surface area contributed by atoms with Crippen LogP contribution < -0.4 is 5.32 Å². The SMILES string of the molecule is Cc1sc2ncnc(Nc3cccc(I)c3)c2c1C. The van der Waals surface area contributed by atoms with Crippen molar-refractivity contribution in [3.05, 3.63) is 44.6 Å². The molecule has 0 aliphatic rings. The van der Waals surface area contributed by atoms with Crippen LogP contribution in [0.4, 0.5) is 11.5 Å². The Kier molecular flexibility index (Phi) is 3.40. The third kappa shape index (κ3) is 2.44. The minimum Gasteiger partial charge on any atom is -0.340 e. The van der Waals surface area contributed by atoms with Gasteiger partial charge in [-0.25, -0.2) is 9.97 Å². The lowest BCUT2D eigenvalue weighted by molar-refractivity contribution is 1.22. The van der Waals surface area contributed by atoms with Crippen molar-refractivity contribution >= 4 is 55.6 Å². The largest absolute Gasteiger partial charge is 0.340 e. The van der Waals surface area contributed by atoms with Crippen molar-refractivity contribution in [3.63, 3.8) is 0 Å². The van der Waals surface area contributed by atoms with Gasteiger partial charge in [0.25, 0.3) is 0 Å². The van der Waals surface area contributed by atoms with Gasteiger partial charge in [0, 0.05) is 14.1 Å². The van der Waals surface area contributed by atoms with E-state index in [1.165, 1.54) is 14.0 Å². The number of nitrogens with one attached hydrogen (secondary N) is 1. The van der Waals surface area contributed by atoms with E-state index in [1.54, 1.807) is 17.7 Å². The van der Waals surface area contributed by atoms with Gasteiger partial charge in [-0.2, -0.15) is 0 Å². The summed E-state index contributed by atoms with van der Waals surface area (Å²) in [5.74, 6) is 0.883. The quantitative estimate of drug-likeness (QED) is 0.657. The third-order valence-electron chi connectivity index (χ3n) is 3.05. The Morgan fingerprint density at radius 1 is 1.21 bits per heavy atom. The fraction of sp³-hybridized carbons (Fsp3) is 0.143. The maximum atomic E-state index is 4.39. The number of benzene rings is 1. The summed E-state index contributed by atoms with van der Waals surface area (Å²) in [6.45, 7) is 4.24. The van der Waals surface area contributed by atoms with Crippen molar-refractivity contribution < 1.29 is 0 Å². The molecule has 0 fully saturated rings. The van der Waals surface area contributed by atoms with E-state index < -0.39 is 0 Å². The average Bonchev–Trinajstić information content (AvgIpc) is 2.66. The lowest BCUT2D eigenvalue weighted by Crippen LogP contribution is -1.95. The molecular formula is C14H12IN3S. The van der Waals surface area contributed by atoms with Gasteiger partial charge in [0.1, 0.15) is 17.0 Å².